The Morgan fingerprint density at radius 1 is 1.04 bits per heavy atom. The number of aryl methyl sites for hydroxylation is 2. The van der Waals surface area contributed by atoms with E-state index in [0.29, 0.717) is 5.69 Å². The predicted octanol–water partition coefficient (Wildman–Crippen LogP) is 5.12. The normalized spacial score (nSPS) is 11.6. The van der Waals surface area contributed by atoms with Crippen LogP contribution in [0.5, 0.6) is 5.75 Å². The Morgan fingerprint density at radius 2 is 1.77 bits per heavy atom. The van der Waals surface area contributed by atoms with Gasteiger partial charge in [0, 0.05) is 10.9 Å². The first-order valence-electron chi connectivity index (χ1n) is 7.65. The molecule has 0 amide bonds. The molecule has 1 N–H and O–H groups in total. The number of halogens is 3. The molecule has 134 valence electrons. The molecule has 0 fully saturated rings. The van der Waals surface area contributed by atoms with Crippen molar-refractivity contribution in [2.45, 2.75) is 20.2 Å². The quantitative estimate of drug-likeness (QED) is 0.704. The van der Waals surface area contributed by atoms with Gasteiger partial charge in [0.2, 0.25) is 0 Å². The van der Waals surface area contributed by atoms with Crippen molar-refractivity contribution in [1.82, 2.24) is 4.98 Å². The Hall–Kier alpha value is -3.09. The molecule has 0 aliphatic rings. The van der Waals surface area contributed by atoms with Crippen LogP contribution in [0.1, 0.15) is 21.5 Å². The van der Waals surface area contributed by atoms with Crippen LogP contribution in [0.2, 0.25) is 0 Å². The highest BCUT2D eigenvalue weighted by Crippen LogP contribution is 2.30. The van der Waals surface area contributed by atoms with Gasteiger partial charge in [-0.2, -0.15) is 0 Å². The number of pyridine rings is 1. The van der Waals surface area contributed by atoms with Gasteiger partial charge in [0.05, 0.1) is 16.8 Å². The third kappa shape index (κ3) is 3.61. The van der Waals surface area contributed by atoms with Gasteiger partial charge in [-0.15, -0.1) is 13.2 Å². The van der Waals surface area contributed by atoms with Gasteiger partial charge in [-0.05, 0) is 55.3 Å². The highest BCUT2D eigenvalue weighted by Gasteiger charge is 2.31. The predicted molar refractivity (Wildman–Crippen MR) is 90.3 cm³/mol. The number of carbonyl (C=O) groups is 1. The van der Waals surface area contributed by atoms with Gasteiger partial charge in [-0.25, -0.2) is 9.78 Å². The lowest BCUT2D eigenvalue weighted by atomic mass is 10.0. The fourth-order valence-corrected chi connectivity index (χ4v) is 2.63. The van der Waals surface area contributed by atoms with Gasteiger partial charge < -0.3 is 9.84 Å². The molecular formula is C19H14F3NO3. The second-order valence-corrected chi connectivity index (χ2v) is 5.89. The summed E-state index contributed by atoms with van der Waals surface area (Å²) in [6.45, 7) is 3.89. The zero-order valence-electron chi connectivity index (χ0n) is 13.9. The lowest BCUT2D eigenvalue weighted by Gasteiger charge is -2.12. The van der Waals surface area contributed by atoms with Crippen molar-refractivity contribution in [3.8, 4) is 17.0 Å². The molecule has 26 heavy (non-hydrogen) atoms. The highest BCUT2D eigenvalue weighted by molar-refractivity contribution is 6.04. The first-order chi connectivity index (χ1) is 12.1. The Kier molecular flexibility index (Phi) is 4.31. The molecule has 0 saturated carbocycles. The summed E-state index contributed by atoms with van der Waals surface area (Å²) >= 11 is 0. The van der Waals surface area contributed by atoms with E-state index in [4.69, 9.17) is 0 Å². The number of carboxylic acid groups (broad SMARTS) is 1. The molecule has 3 aromatic rings. The van der Waals surface area contributed by atoms with E-state index in [1.54, 1.807) is 0 Å². The van der Waals surface area contributed by atoms with Crippen LogP contribution < -0.4 is 4.74 Å². The van der Waals surface area contributed by atoms with Crippen molar-refractivity contribution in [2.24, 2.45) is 0 Å². The molecule has 2 aromatic carbocycles. The zero-order valence-corrected chi connectivity index (χ0v) is 13.9. The molecular weight excluding hydrogens is 347 g/mol. The average Bonchev–Trinajstić information content (AvgIpc) is 2.54. The Labute approximate surface area is 146 Å². The molecule has 0 aliphatic heterocycles. The number of alkyl halides is 3. The fourth-order valence-electron chi connectivity index (χ4n) is 2.63. The van der Waals surface area contributed by atoms with E-state index in [1.165, 1.54) is 12.1 Å². The maximum Gasteiger partial charge on any atom is 0.573 e. The lowest BCUT2D eigenvalue weighted by Crippen LogP contribution is -2.17. The summed E-state index contributed by atoms with van der Waals surface area (Å²) in [6.07, 6.45) is -4.86. The summed E-state index contributed by atoms with van der Waals surface area (Å²) in [5.41, 5.74) is 3.40. The van der Waals surface area contributed by atoms with Gasteiger partial charge in [0.1, 0.15) is 5.75 Å². The number of rotatable bonds is 3. The molecule has 0 radical (unpaired) electrons. The van der Waals surface area contributed by atoms with Crippen molar-refractivity contribution in [3.63, 3.8) is 0 Å². The Bertz CT molecular complexity index is 1010. The number of aromatic carboxylic acids is 1. The van der Waals surface area contributed by atoms with E-state index in [2.05, 4.69) is 9.72 Å². The van der Waals surface area contributed by atoms with Crippen molar-refractivity contribution in [1.29, 1.82) is 0 Å². The summed E-state index contributed by atoms with van der Waals surface area (Å²) in [6, 6.07) is 10.4. The van der Waals surface area contributed by atoms with E-state index in [9.17, 15) is 23.1 Å². The molecule has 0 atom stereocenters. The molecule has 0 aliphatic carbocycles. The molecule has 0 bridgehead atoms. The highest BCUT2D eigenvalue weighted by atomic mass is 19.4. The molecule has 0 unspecified atom stereocenters. The van der Waals surface area contributed by atoms with Crippen LogP contribution in [0.15, 0.2) is 42.5 Å². The van der Waals surface area contributed by atoms with E-state index in [-0.39, 0.29) is 16.5 Å². The van der Waals surface area contributed by atoms with Crippen LogP contribution in [-0.4, -0.2) is 22.4 Å². The van der Waals surface area contributed by atoms with Crippen molar-refractivity contribution < 1.29 is 27.8 Å². The second-order valence-electron chi connectivity index (χ2n) is 5.89. The maximum atomic E-state index is 12.4. The summed E-state index contributed by atoms with van der Waals surface area (Å²) in [5.74, 6) is -1.75. The number of carboxylic acids is 1. The average molecular weight is 361 g/mol. The minimum atomic E-state index is -4.86. The fraction of sp³-hybridized carbons (Fsp3) is 0.158. The minimum absolute atomic E-state index is 0.0758. The number of fused-ring (bicyclic) bond motifs is 1. The molecule has 4 nitrogen and oxygen atoms in total. The van der Waals surface area contributed by atoms with Gasteiger partial charge >= 0.3 is 12.3 Å². The van der Waals surface area contributed by atoms with Crippen LogP contribution in [-0.2, 0) is 0 Å². The summed E-state index contributed by atoms with van der Waals surface area (Å²) in [5, 5.41) is 9.56. The Balaban J connectivity index is 2.18. The minimum Gasteiger partial charge on any atom is -0.478 e. The van der Waals surface area contributed by atoms with Gasteiger partial charge in [0.25, 0.3) is 0 Å². The third-order valence-corrected chi connectivity index (χ3v) is 4.05. The number of ether oxygens (including phenoxy) is 1. The van der Waals surface area contributed by atoms with Crippen molar-refractivity contribution >= 4 is 16.9 Å². The molecule has 7 heteroatoms. The maximum absolute atomic E-state index is 12.4. The second kappa shape index (κ2) is 6.33. The molecule has 1 heterocycles. The third-order valence-electron chi connectivity index (χ3n) is 4.05. The van der Waals surface area contributed by atoms with E-state index < -0.39 is 18.1 Å². The van der Waals surface area contributed by atoms with E-state index in [0.717, 1.165) is 28.8 Å². The van der Waals surface area contributed by atoms with Crippen molar-refractivity contribution in [2.75, 3.05) is 0 Å². The smallest absolute Gasteiger partial charge is 0.478 e. The monoisotopic (exact) mass is 361 g/mol. The summed E-state index contributed by atoms with van der Waals surface area (Å²) < 4.78 is 41.1. The van der Waals surface area contributed by atoms with E-state index in [1.807, 2.05) is 32.0 Å². The first kappa shape index (κ1) is 17.7. The molecule has 3 rings (SSSR count). The standard InChI is InChI=1S/C19H14F3NO3/c1-10-3-4-12(7-11(10)2)17-9-15(18(24)25)14-8-13(26-19(20,21)22)5-6-16(14)23-17/h3-9H,1-2H3,(H,24,25). The van der Waals surface area contributed by atoms with Crippen LogP contribution in [0, 0.1) is 13.8 Å². The largest absolute Gasteiger partial charge is 0.573 e. The van der Waals surface area contributed by atoms with Gasteiger partial charge in [-0.1, -0.05) is 12.1 Å². The molecule has 1 aromatic heterocycles. The molecule has 0 saturated heterocycles. The zero-order chi connectivity index (χ0) is 19.1. The SMILES string of the molecule is Cc1ccc(-c2cc(C(=O)O)c3cc(OC(F)(F)F)ccc3n2)cc1C. The van der Waals surface area contributed by atoms with E-state index >= 15 is 0 Å². The molecule has 0 spiro atoms. The van der Waals surface area contributed by atoms with Gasteiger partial charge in [0.15, 0.2) is 0 Å². The first-order valence-corrected chi connectivity index (χ1v) is 7.65. The Morgan fingerprint density at radius 3 is 2.38 bits per heavy atom. The van der Waals surface area contributed by atoms with Crippen molar-refractivity contribution in [3.05, 3.63) is 59.2 Å². The number of hydrogen-bond acceptors (Lipinski definition) is 3. The topological polar surface area (TPSA) is 59.4 Å². The van der Waals surface area contributed by atoms with Gasteiger partial charge in [-0.3, -0.25) is 0 Å². The van der Waals surface area contributed by atoms with Crippen LogP contribution in [0.3, 0.4) is 0 Å². The van der Waals surface area contributed by atoms with Crippen LogP contribution in [0.25, 0.3) is 22.2 Å². The van der Waals surface area contributed by atoms with Crippen LogP contribution in [0.4, 0.5) is 13.2 Å². The number of nitrogens with zero attached hydrogens (tertiary/aromatic N) is 1. The lowest BCUT2D eigenvalue weighted by molar-refractivity contribution is -0.274. The summed E-state index contributed by atoms with van der Waals surface area (Å²) in [4.78, 5) is 16.0. The number of benzene rings is 2. The number of hydrogen-bond donors (Lipinski definition) is 1. The van der Waals surface area contributed by atoms with Crippen LogP contribution >= 0.6 is 0 Å². The summed E-state index contributed by atoms with van der Waals surface area (Å²) in [7, 11) is 0. The number of aromatic nitrogens is 1.